The van der Waals surface area contributed by atoms with Crippen molar-refractivity contribution in [2.45, 2.75) is 12.1 Å². The molecule has 1 heterocycles. The molecule has 64 valence electrons. The molecule has 1 aliphatic rings. The molecule has 0 bridgehead atoms. The molecule has 0 saturated heterocycles. The fraction of sp³-hybridized carbons (Fsp3) is 0.714. The molecule has 4 heteroatoms. The molecule has 0 unspecified atom stereocenters. The van der Waals surface area contributed by atoms with Crippen LogP contribution in [0.2, 0.25) is 0 Å². The fourth-order valence-electron chi connectivity index (χ4n) is 0.898. The van der Waals surface area contributed by atoms with Gasteiger partial charge in [0.15, 0.2) is 6.29 Å². The highest BCUT2D eigenvalue weighted by Gasteiger charge is 2.34. The van der Waals surface area contributed by atoms with E-state index in [0.29, 0.717) is 0 Å². The summed E-state index contributed by atoms with van der Waals surface area (Å²) in [7, 11) is 3.00. The number of aliphatic hydroxyl groups excluding tert-OH is 1. The van der Waals surface area contributed by atoms with Gasteiger partial charge in [-0.3, -0.25) is 0 Å². The number of methoxy groups -OCH3 is 2. The SMILES string of the molecule is CO[C@@H]1C=C[C@@](CO)(OC)O1. The lowest BCUT2D eigenvalue weighted by Gasteiger charge is -2.24. The van der Waals surface area contributed by atoms with E-state index in [-0.39, 0.29) is 6.61 Å². The predicted molar refractivity (Wildman–Crippen MR) is 37.8 cm³/mol. The topological polar surface area (TPSA) is 47.9 Å². The standard InChI is InChI=1S/C7H12O4/c1-9-6-3-4-7(5-8,10-2)11-6/h3-4,6,8H,5H2,1-2H3/t6-,7+/m0/s1. The predicted octanol–water partition coefficient (Wildman–Crippen LogP) is -0.120. The minimum Gasteiger partial charge on any atom is -0.390 e. The van der Waals surface area contributed by atoms with Crippen molar-refractivity contribution in [2.75, 3.05) is 20.8 Å². The third-order valence-corrected chi connectivity index (χ3v) is 1.62. The van der Waals surface area contributed by atoms with Crippen LogP contribution in [0.15, 0.2) is 12.2 Å². The van der Waals surface area contributed by atoms with Gasteiger partial charge in [0.2, 0.25) is 5.79 Å². The molecular formula is C7H12O4. The Bertz CT molecular complexity index is 151. The van der Waals surface area contributed by atoms with Gasteiger partial charge in [-0.15, -0.1) is 0 Å². The molecule has 4 nitrogen and oxygen atoms in total. The minimum absolute atomic E-state index is 0.208. The summed E-state index contributed by atoms with van der Waals surface area (Å²) in [5.74, 6) is -0.999. The van der Waals surface area contributed by atoms with Crippen LogP contribution < -0.4 is 0 Å². The molecule has 0 fully saturated rings. The van der Waals surface area contributed by atoms with E-state index in [1.807, 2.05) is 0 Å². The second-order valence-corrected chi connectivity index (χ2v) is 2.26. The summed E-state index contributed by atoms with van der Waals surface area (Å²) in [6.45, 7) is -0.208. The first-order valence-electron chi connectivity index (χ1n) is 3.32. The summed E-state index contributed by atoms with van der Waals surface area (Å²) in [4.78, 5) is 0. The van der Waals surface area contributed by atoms with Crippen molar-refractivity contribution >= 4 is 0 Å². The number of hydrogen-bond acceptors (Lipinski definition) is 4. The number of ether oxygens (including phenoxy) is 3. The van der Waals surface area contributed by atoms with Crippen LogP contribution in [0.5, 0.6) is 0 Å². The monoisotopic (exact) mass is 160 g/mol. The van der Waals surface area contributed by atoms with Gasteiger partial charge in [0.1, 0.15) is 6.61 Å². The molecule has 0 aromatic carbocycles. The van der Waals surface area contributed by atoms with Gasteiger partial charge in [0.05, 0.1) is 0 Å². The van der Waals surface area contributed by atoms with Crippen LogP contribution in [0.4, 0.5) is 0 Å². The first kappa shape index (κ1) is 8.67. The van der Waals surface area contributed by atoms with E-state index in [0.717, 1.165) is 0 Å². The van der Waals surface area contributed by atoms with Crippen molar-refractivity contribution in [3.63, 3.8) is 0 Å². The smallest absolute Gasteiger partial charge is 0.214 e. The molecule has 2 atom stereocenters. The van der Waals surface area contributed by atoms with E-state index in [2.05, 4.69) is 0 Å². The Morgan fingerprint density at radius 1 is 1.64 bits per heavy atom. The van der Waals surface area contributed by atoms with E-state index >= 15 is 0 Å². The molecule has 0 aromatic rings. The number of aliphatic hydroxyl groups is 1. The largest absolute Gasteiger partial charge is 0.390 e. The first-order chi connectivity index (χ1) is 5.26. The Morgan fingerprint density at radius 2 is 2.36 bits per heavy atom. The minimum atomic E-state index is -0.999. The highest BCUT2D eigenvalue weighted by Crippen LogP contribution is 2.23. The Morgan fingerprint density at radius 3 is 2.64 bits per heavy atom. The van der Waals surface area contributed by atoms with Gasteiger partial charge in [-0.25, -0.2) is 0 Å². The average Bonchev–Trinajstić information content (AvgIpc) is 2.49. The van der Waals surface area contributed by atoms with Gasteiger partial charge in [-0.2, -0.15) is 0 Å². The third-order valence-electron chi connectivity index (χ3n) is 1.62. The quantitative estimate of drug-likeness (QED) is 0.585. The molecule has 0 spiro atoms. The maximum absolute atomic E-state index is 8.87. The van der Waals surface area contributed by atoms with E-state index in [9.17, 15) is 0 Å². The van der Waals surface area contributed by atoms with Crippen LogP contribution in [-0.2, 0) is 14.2 Å². The van der Waals surface area contributed by atoms with E-state index in [1.54, 1.807) is 12.2 Å². The molecule has 0 aromatic heterocycles. The van der Waals surface area contributed by atoms with Crippen molar-refractivity contribution in [1.29, 1.82) is 0 Å². The second kappa shape index (κ2) is 3.32. The number of rotatable bonds is 3. The van der Waals surface area contributed by atoms with Gasteiger partial charge in [0.25, 0.3) is 0 Å². The maximum Gasteiger partial charge on any atom is 0.214 e. The Labute approximate surface area is 65.4 Å². The van der Waals surface area contributed by atoms with Crippen LogP contribution in [0.1, 0.15) is 0 Å². The summed E-state index contributed by atoms with van der Waals surface area (Å²) in [6.07, 6.45) is 2.92. The van der Waals surface area contributed by atoms with Crippen molar-refractivity contribution in [2.24, 2.45) is 0 Å². The Hall–Kier alpha value is -0.420. The van der Waals surface area contributed by atoms with Crippen molar-refractivity contribution in [3.05, 3.63) is 12.2 Å². The number of hydrogen-bond donors (Lipinski definition) is 1. The Balaban J connectivity index is 2.57. The average molecular weight is 160 g/mol. The molecule has 11 heavy (non-hydrogen) atoms. The summed E-state index contributed by atoms with van der Waals surface area (Å²) in [5, 5.41) is 8.87. The zero-order chi connectivity index (χ0) is 8.32. The summed E-state index contributed by atoms with van der Waals surface area (Å²) >= 11 is 0. The zero-order valence-corrected chi connectivity index (χ0v) is 6.61. The van der Waals surface area contributed by atoms with E-state index < -0.39 is 12.1 Å². The lowest BCUT2D eigenvalue weighted by atomic mass is 10.3. The summed E-state index contributed by atoms with van der Waals surface area (Å²) in [5.41, 5.74) is 0. The van der Waals surface area contributed by atoms with Gasteiger partial charge in [-0.1, -0.05) is 0 Å². The third kappa shape index (κ3) is 1.59. The van der Waals surface area contributed by atoms with Crippen LogP contribution in [0.3, 0.4) is 0 Å². The first-order valence-corrected chi connectivity index (χ1v) is 3.32. The second-order valence-electron chi connectivity index (χ2n) is 2.26. The fourth-order valence-corrected chi connectivity index (χ4v) is 0.898. The van der Waals surface area contributed by atoms with E-state index in [4.69, 9.17) is 19.3 Å². The molecule has 0 saturated carbocycles. The zero-order valence-electron chi connectivity index (χ0n) is 6.61. The van der Waals surface area contributed by atoms with E-state index in [1.165, 1.54) is 14.2 Å². The van der Waals surface area contributed by atoms with Crippen LogP contribution in [-0.4, -0.2) is 38.0 Å². The molecular weight excluding hydrogens is 148 g/mol. The van der Waals surface area contributed by atoms with Gasteiger partial charge in [0, 0.05) is 14.2 Å². The maximum atomic E-state index is 8.87. The molecule has 1 N–H and O–H groups in total. The summed E-state index contributed by atoms with van der Waals surface area (Å²) in [6, 6.07) is 0. The van der Waals surface area contributed by atoms with Crippen molar-refractivity contribution < 1.29 is 19.3 Å². The van der Waals surface area contributed by atoms with Crippen molar-refractivity contribution in [3.8, 4) is 0 Å². The molecule has 0 aliphatic carbocycles. The van der Waals surface area contributed by atoms with Crippen LogP contribution in [0, 0.1) is 0 Å². The molecule has 1 rings (SSSR count). The Kier molecular flexibility index (Phi) is 2.62. The van der Waals surface area contributed by atoms with Gasteiger partial charge < -0.3 is 19.3 Å². The molecule has 0 amide bonds. The summed E-state index contributed by atoms with van der Waals surface area (Å²) < 4.78 is 15.0. The normalized spacial score (nSPS) is 36.5. The van der Waals surface area contributed by atoms with Crippen LogP contribution >= 0.6 is 0 Å². The van der Waals surface area contributed by atoms with Gasteiger partial charge >= 0.3 is 0 Å². The molecule has 1 aliphatic heterocycles. The lowest BCUT2D eigenvalue weighted by molar-refractivity contribution is -0.255. The molecule has 0 radical (unpaired) electrons. The van der Waals surface area contributed by atoms with Crippen molar-refractivity contribution in [1.82, 2.24) is 0 Å². The van der Waals surface area contributed by atoms with Crippen LogP contribution in [0.25, 0.3) is 0 Å². The highest BCUT2D eigenvalue weighted by atomic mass is 16.8. The lowest BCUT2D eigenvalue weighted by Crippen LogP contribution is -2.36. The van der Waals surface area contributed by atoms with Gasteiger partial charge in [-0.05, 0) is 12.2 Å². The highest BCUT2D eigenvalue weighted by molar-refractivity contribution is 5.04.